The minimum absolute atomic E-state index is 0.147. The van der Waals surface area contributed by atoms with Crippen LogP contribution in [0.25, 0.3) is 0 Å². The lowest BCUT2D eigenvalue weighted by Crippen LogP contribution is -2.07. The molecule has 2 rings (SSSR count). The second kappa shape index (κ2) is 5.08. The van der Waals surface area contributed by atoms with Crippen molar-refractivity contribution in [3.05, 3.63) is 64.7 Å². The fraction of sp³-hybridized carbons (Fsp3) is 0.200. The molecular weight excluding hydrogens is 229 g/mol. The third-order valence-corrected chi connectivity index (χ3v) is 2.97. The molecule has 1 aromatic heterocycles. The fourth-order valence-electron chi connectivity index (χ4n) is 1.91. The highest BCUT2D eigenvalue weighted by Crippen LogP contribution is 2.18. The number of hydrogen-bond donors (Lipinski definition) is 0. The van der Waals surface area contributed by atoms with Gasteiger partial charge < -0.3 is 0 Å². The van der Waals surface area contributed by atoms with Crippen molar-refractivity contribution in [1.29, 1.82) is 0 Å². The van der Waals surface area contributed by atoms with Gasteiger partial charge in [0.05, 0.1) is 0 Å². The Kier molecular flexibility index (Phi) is 3.51. The monoisotopic (exact) mass is 243 g/mol. The molecule has 0 saturated heterocycles. The molecule has 1 aromatic carbocycles. The van der Waals surface area contributed by atoms with Gasteiger partial charge in [-0.05, 0) is 42.7 Å². The van der Waals surface area contributed by atoms with Crippen molar-refractivity contribution in [3.63, 3.8) is 0 Å². The Hall–Kier alpha value is -2.03. The molecule has 0 saturated carbocycles. The number of aryl methyl sites for hydroxylation is 2. The summed E-state index contributed by atoms with van der Waals surface area (Å²) in [5.74, 6) is -0.540. The van der Waals surface area contributed by atoms with Crippen LogP contribution >= 0.6 is 0 Å². The third kappa shape index (κ3) is 2.30. The molecular formula is C15H14FNO. The van der Waals surface area contributed by atoms with Crippen molar-refractivity contribution in [3.8, 4) is 0 Å². The standard InChI is InChI=1S/C15H14FNO/c1-3-11-9-17-7-6-13(11)15(18)14-8-12(16)5-4-10(14)2/h4-9H,3H2,1-2H3. The van der Waals surface area contributed by atoms with Crippen molar-refractivity contribution in [1.82, 2.24) is 4.98 Å². The largest absolute Gasteiger partial charge is 0.289 e. The van der Waals surface area contributed by atoms with E-state index in [0.717, 1.165) is 17.5 Å². The zero-order chi connectivity index (χ0) is 13.1. The van der Waals surface area contributed by atoms with Gasteiger partial charge in [-0.25, -0.2) is 4.39 Å². The number of benzene rings is 1. The van der Waals surface area contributed by atoms with Crippen LogP contribution in [0, 0.1) is 12.7 Å². The fourth-order valence-corrected chi connectivity index (χ4v) is 1.91. The molecule has 18 heavy (non-hydrogen) atoms. The number of carbonyl (C=O) groups is 1. The van der Waals surface area contributed by atoms with E-state index in [0.29, 0.717) is 11.1 Å². The van der Waals surface area contributed by atoms with Gasteiger partial charge in [0, 0.05) is 23.5 Å². The highest BCUT2D eigenvalue weighted by Gasteiger charge is 2.15. The van der Waals surface area contributed by atoms with Gasteiger partial charge in [0.15, 0.2) is 5.78 Å². The van der Waals surface area contributed by atoms with E-state index >= 15 is 0 Å². The van der Waals surface area contributed by atoms with Crippen molar-refractivity contribution in [2.45, 2.75) is 20.3 Å². The Morgan fingerprint density at radius 1 is 1.28 bits per heavy atom. The second-order valence-corrected chi connectivity index (χ2v) is 4.17. The van der Waals surface area contributed by atoms with Gasteiger partial charge in [-0.2, -0.15) is 0 Å². The smallest absolute Gasteiger partial charge is 0.193 e. The van der Waals surface area contributed by atoms with E-state index in [-0.39, 0.29) is 5.78 Å². The molecule has 0 fully saturated rings. The molecule has 0 aliphatic rings. The predicted molar refractivity (Wildman–Crippen MR) is 68.2 cm³/mol. The first kappa shape index (κ1) is 12.4. The lowest BCUT2D eigenvalue weighted by molar-refractivity contribution is 0.103. The predicted octanol–water partition coefficient (Wildman–Crippen LogP) is 3.32. The zero-order valence-electron chi connectivity index (χ0n) is 10.4. The summed E-state index contributed by atoms with van der Waals surface area (Å²) in [6.07, 6.45) is 3.99. The van der Waals surface area contributed by atoms with E-state index in [2.05, 4.69) is 4.98 Å². The maximum absolute atomic E-state index is 13.2. The molecule has 0 amide bonds. The first-order valence-corrected chi connectivity index (χ1v) is 5.87. The summed E-state index contributed by atoms with van der Waals surface area (Å²) in [5.41, 5.74) is 2.67. The maximum Gasteiger partial charge on any atom is 0.193 e. The number of hydrogen-bond acceptors (Lipinski definition) is 2. The lowest BCUT2D eigenvalue weighted by Gasteiger charge is -2.08. The molecule has 2 aromatic rings. The Morgan fingerprint density at radius 2 is 2.06 bits per heavy atom. The Bertz CT molecular complexity index is 593. The maximum atomic E-state index is 13.2. The van der Waals surface area contributed by atoms with Gasteiger partial charge in [-0.3, -0.25) is 9.78 Å². The van der Waals surface area contributed by atoms with Crippen LogP contribution < -0.4 is 0 Å². The molecule has 0 aliphatic carbocycles. The van der Waals surface area contributed by atoms with E-state index < -0.39 is 5.82 Å². The van der Waals surface area contributed by atoms with Crippen molar-refractivity contribution in [2.24, 2.45) is 0 Å². The Labute approximate surface area is 105 Å². The van der Waals surface area contributed by atoms with Gasteiger partial charge >= 0.3 is 0 Å². The minimum atomic E-state index is -0.393. The highest BCUT2D eigenvalue weighted by atomic mass is 19.1. The van der Waals surface area contributed by atoms with E-state index in [1.54, 1.807) is 31.5 Å². The first-order valence-electron chi connectivity index (χ1n) is 5.87. The van der Waals surface area contributed by atoms with E-state index in [1.807, 2.05) is 6.92 Å². The summed E-state index contributed by atoms with van der Waals surface area (Å²) < 4.78 is 13.2. The molecule has 0 radical (unpaired) electrons. The third-order valence-electron chi connectivity index (χ3n) is 2.97. The van der Waals surface area contributed by atoms with Gasteiger partial charge in [0.25, 0.3) is 0 Å². The molecule has 3 heteroatoms. The van der Waals surface area contributed by atoms with Crippen LogP contribution in [0.5, 0.6) is 0 Å². The molecule has 0 unspecified atom stereocenters. The molecule has 0 N–H and O–H groups in total. The lowest BCUT2D eigenvalue weighted by atomic mass is 9.96. The van der Waals surface area contributed by atoms with Crippen molar-refractivity contribution in [2.75, 3.05) is 0 Å². The van der Waals surface area contributed by atoms with Gasteiger partial charge in [-0.1, -0.05) is 13.0 Å². The van der Waals surface area contributed by atoms with Gasteiger partial charge in [0.1, 0.15) is 5.82 Å². The molecule has 1 heterocycles. The molecule has 0 spiro atoms. The SMILES string of the molecule is CCc1cnccc1C(=O)c1cc(F)ccc1C. The normalized spacial score (nSPS) is 10.4. The number of nitrogens with zero attached hydrogens (tertiary/aromatic N) is 1. The summed E-state index contributed by atoms with van der Waals surface area (Å²) in [7, 11) is 0. The van der Waals surface area contributed by atoms with Crippen molar-refractivity contribution < 1.29 is 9.18 Å². The summed E-state index contributed by atoms with van der Waals surface area (Å²) in [4.78, 5) is 16.4. The average Bonchev–Trinajstić information content (AvgIpc) is 2.40. The van der Waals surface area contributed by atoms with Crippen LogP contribution in [0.4, 0.5) is 4.39 Å². The van der Waals surface area contributed by atoms with E-state index in [1.165, 1.54) is 12.1 Å². The highest BCUT2D eigenvalue weighted by molar-refractivity contribution is 6.10. The van der Waals surface area contributed by atoms with Crippen LogP contribution in [0.3, 0.4) is 0 Å². The topological polar surface area (TPSA) is 30.0 Å². The van der Waals surface area contributed by atoms with Crippen LogP contribution in [0.15, 0.2) is 36.7 Å². The van der Waals surface area contributed by atoms with Crippen LogP contribution in [0.1, 0.15) is 34.0 Å². The molecule has 0 atom stereocenters. The number of pyridine rings is 1. The molecule has 0 bridgehead atoms. The van der Waals surface area contributed by atoms with E-state index in [4.69, 9.17) is 0 Å². The van der Waals surface area contributed by atoms with Crippen LogP contribution in [-0.4, -0.2) is 10.8 Å². The Morgan fingerprint density at radius 3 is 2.78 bits per heavy atom. The summed E-state index contributed by atoms with van der Waals surface area (Å²) in [6, 6.07) is 5.96. The van der Waals surface area contributed by atoms with E-state index in [9.17, 15) is 9.18 Å². The summed E-state index contributed by atoms with van der Waals surface area (Å²) >= 11 is 0. The van der Waals surface area contributed by atoms with Gasteiger partial charge in [0.2, 0.25) is 0 Å². The number of aromatic nitrogens is 1. The summed E-state index contributed by atoms with van der Waals surface area (Å²) in [6.45, 7) is 3.77. The summed E-state index contributed by atoms with van der Waals surface area (Å²) in [5, 5.41) is 0. The molecule has 92 valence electrons. The quantitative estimate of drug-likeness (QED) is 0.774. The molecule has 2 nitrogen and oxygen atoms in total. The minimum Gasteiger partial charge on any atom is -0.289 e. The van der Waals surface area contributed by atoms with Crippen molar-refractivity contribution >= 4 is 5.78 Å². The van der Waals surface area contributed by atoms with Crippen LogP contribution in [0.2, 0.25) is 0 Å². The number of halogens is 1. The number of rotatable bonds is 3. The molecule has 0 aliphatic heterocycles. The van der Waals surface area contributed by atoms with Crippen LogP contribution in [-0.2, 0) is 6.42 Å². The second-order valence-electron chi connectivity index (χ2n) is 4.17. The number of carbonyl (C=O) groups excluding carboxylic acids is 1. The average molecular weight is 243 g/mol. The Balaban J connectivity index is 2.51. The van der Waals surface area contributed by atoms with Gasteiger partial charge in [-0.15, -0.1) is 0 Å². The number of ketones is 1. The zero-order valence-corrected chi connectivity index (χ0v) is 10.4. The first-order chi connectivity index (χ1) is 8.63.